The van der Waals surface area contributed by atoms with Crippen LogP contribution in [-0.4, -0.2) is 49.7 Å². The molecular formula is C11H23NO3. The first-order chi connectivity index (χ1) is 7.20. The Bertz CT molecular complexity index is 165. The predicted octanol–water partition coefficient (Wildman–Crippen LogP) is 0.542. The molecule has 15 heavy (non-hydrogen) atoms. The molecule has 0 saturated carbocycles. The lowest BCUT2D eigenvalue weighted by atomic mass is 9.97. The zero-order valence-electron chi connectivity index (χ0n) is 9.79. The molecule has 0 aromatic heterocycles. The highest BCUT2D eigenvalue weighted by atomic mass is 16.6. The van der Waals surface area contributed by atoms with Crippen LogP contribution in [0.1, 0.15) is 26.7 Å². The van der Waals surface area contributed by atoms with Gasteiger partial charge in [-0.25, -0.2) is 0 Å². The number of rotatable bonds is 6. The molecule has 0 aromatic rings. The van der Waals surface area contributed by atoms with Crippen molar-refractivity contribution in [2.24, 2.45) is 0 Å². The van der Waals surface area contributed by atoms with Gasteiger partial charge in [0, 0.05) is 13.1 Å². The lowest BCUT2D eigenvalue weighted by Gasteiger charge is -2.28. The Morgan fingerprint density at radius 3 is 2.60 bits per heavy atom. The van der Waals surface area contributed by atoms with E-state index in [1.165, 1.54) is 0 Å². The molecule has 0 aliphatic carbocycles. The highest BCUT2D eigenvalue weighted by Gasteiger charge is 2.22. The highest BCUT2D eigenvalue weighted by molar-refractivity contribution is 4.78. The molecule has 1 aliphatic heterocycles. The summed E-state index contributed by atoms with van der Waals surface area (Å²) in [5, 5.41) is 13.3. The van der Waals surface area contributed by atoms with E-state index in [1.54, 1.807) is 0 Å². The minimum absolute atomic E-state index is 0.136. The molecule has 90 valence electrons. The van der Waals surface area contributed by atoms with Crippen LogP contribution in [0.4, 0.5) is 0 Å². The first-order valence-electron chi connectivity index (χ1n) is 5.82. The number of aliphatic hydroxyl groups is 1. The molecule has 1 aliphatic rings. The van der Waals surface area contributed by atoms with Crippen molar-refractivity contribution in [2.45, 2.75) is 38.4 Å². The molecule has 0 spiro atoms. The van der Waals surface area contributed by atoms with Crippen molar-refractivity contribution >= 4 is 0 Å². The van der Waals surface area contributed by atoms with E-state index in [9.17, 15) is 5.11 Å². The van der Waals surface area contributed by atoms with Crippen molar-refractivity contribution in [1.29, 1.82) is 0 Å². The molecular weight excluding hydrogens is 194 g/mol. The van der Waals surface area contributed by atoms with Crippen LogP contribution in [0.5, 0.6) is 0 Å². The molecule has 1 unspecified atom stereocenters. The first-order valence-corrected chi connectivity index (χ1v) is 5.82. The van der Waals surface area contributed by atoms with Crippen LogP contribution in [0.2, 0.25) is 0 Å². The largest absolute Gasteiger partial charge is 0.389 e. The van der Waals surface area contributed by atoms with Gasteiger partial charge >= 0.3 is 0 Å². The Labute approximate surface area is 92.0 Å². The fourth-order valence-corrected chi connectivity index (χ4v) is 1.62. The second kappa shape index (κ2) is 6.43. The molecule has 0 amide bonds. The van der Waals surface area contributed by atoms with Gasteiger partial charge < -0.3 is 19.9 Å². The van der Waals surface area contributed by atoms with E-state index < -0.39 is 5.60 Å². The van der Waals surface area contributed by atoms with Crippen molar-refractivity contribution in [2.75, 3.05) is 32.9 Å². The van der Waals surface area contributed by atoms with Crippen LogP contribution >= 0.6 is 0 Å². The van der Waals surface area contributed by atoms with Crippen LogP contribution in [-0.2, 0) is 9.47 Å². The third kappa shape index (κ3) is 4.47. The van der Waals surface area contributed by atoms with E-state index in [0.717, 1.165) is 19.4 Å². The van der Waals surface area contributed by atoms with Crippen LogP contribution in [0.3, 0.4) is 0 Å². The maximum Gasteiger partial charge on any atom is 0.0933 e. The lowest BCUT2D eigenvalue weighted by Crippen LogP contribution is -2.44. The van der Waals surface area contributed by atoms with Crippen molar-refractivity contribution < 1.29 is 14.6 Å². The Kier molecular flexibility index (Phi) is 5.53. The Morgan fingerprint density at radius 2 is 2.07 bits per heavy atom. The van der Waals surface area contributed by atoms with Crippen molar-refractivity contribution in [3.63, 3.8) is 0 Å². The van der Waals surface area contributed by atoms with Gasteiger partial charge in [0.2, 0.25) is 0 Å². The van der Waals surface area contributed by atoms with E-state index in [1.807, 2.05) is 13.8 Å². The van der Waals surface area contributed by atoms with Gasteiger partial charge in [-0.1, -0.05) is 13.8 Å². The van der Waals surface area contributed by atoms with E-state index >= 15 is 0 Å². The average molecular weight is 217 g/mol. The topological polar surface area (TPSA) is 50.7 Å². The van der Waals surface area contributed by atoms with Crippen LogP contribution in [0, 0.1) is 0 Å². The van der Waals surface area contributed by atoms with Gasteiger partial charge in [-0.2, -0.15) is 0 Å². The van der Waals surface area contributed by atoms with Crippen LogP contribution in [0.15, 0.2) is 0 Å². The summed E-state index contributed by atoms with van der Waals surface area (Å²) in [5.41, 5.74) is -0.574. The Hall–Kier alpha value is -0.160. The van der Waals surface area contributed by atoms with E-state index in [-0.39, 0.29) is 6.10 Å². The van der Waals surface area contributed by atoms with Gasteiger partial charge in [0.25, 0.3) is 0 Å². The molecule has 1 rings (SSSR count). The summed E-state index contributed by atoms with van der Waals surface area (Å²) < 4.78 is 10.8. The normalized spacial score (nSPS) is 23.0. The van der Waals surface area contributed by atoms with Crippen molar-refractivity contribution in [3.05, 3.63) is 0 Å². The highest BCUT2D eigenvalue weighted by Crippen LogP contribution is 2.12. The van der Waals surface area contributed by atoms with E-state index in [4.69, 9.17) is 9.47 Å². The molecule has 1 fully saturated rings. The molecule has 1 atom stereocenters. The number of hydrogen-bond acceptors (Lipinski definition) is 4. The summed E-state index contributed by atoms with van der Waals surface area (Å²) in [7, 11) is 0. The zero-order chi connectivity index (χ0) is 11.1. The fraction of sp³-hybridized carbons (Fsp3) is 1.00. The zero-order valence-corrected chi connectivity index (χ0v) is 9.79. The predicted molar refractivity (Wildman–Crippen MR) is 59.0 cm³/mol. The number of nitrogens with one attached hydrogen (secondary N) is 1. The third-order valence-electron chi connectivity index (χ3n) is 3.03. The lowest BCUT2D eigenvalue weighted by molar-refractivity contribution is -0.0879. The fourth-order valence-electron chi connectivity index (χ4n) is 1.62. The van der Waals surface area contributed by atoms with Gasteiger partial charge in [0.1, 0.15) is 0 Å². The minimum Gasteiger partial charge on any atom is -0.389 e. The molecule has 2 N–H and O–H groups in total. The standard InChI is InChI=1S/C11H23NO3/c1-3-11(13,4-2)9-12-7-10-8-14-5-6-15-10/h10,12-13H,3-9H2,1-2H3. The van der Waals surface area contributed by atoms with Gasteiger partial charge in [-0.05, 0) is 12.8 Å². The minimum atomic E-state index is -0.574. The third-order valence-corrected chi connectivity index (χ3v) is 3.03. The van der Waals surface area contributed by atoms with Gasteiger partial charge in [-0.15, -0.1) is 0 Å². The van der Waals surface area contributed by atoms with E-state index in [0.29, 0.717) is 26.4 Å². The van der Waals surface area contributed by atoms with Gasteiger partial charge in [0.15, 0.2) is 0 Å². The maximum absolute atomic E-state index is 10.0. The van der Waals surface area contributed by atoms with Crippen molar-refractivity contribution in [1.82, 2.24) is 5.32 Å². The molecule has 0 radical (unpaired) electrons. The number of hydrogen-bond donors (Lipinski definition) is 2. The monoisotopic (exact) mass is 217 g/mol. The molecule has 4 heteroatoms. The van der Waals surface area contributed by atoms with Gasteiger partial charge in [-0.3, -0.25) is 0 Å². The summed E-state index contributed by atoms with van der Waals surface area (Å²) in [6.45, 7) is 7.42. The number of ether oxygens (including phenoxy) is 2. The smallest absolute Gasteiger partial charge is 0.0933 e. The molecule has 4 nitrogen and oxygen atoms in total. The second-order valence-electron chi connectivity index (χ2n) is 4.13. The maximum atomic E-state index is 10.0. The first kappa shape index (κ1) is 12.9. The van der Waals surface area contributed by atoms with Gasteiger partial charge in [0.05, 0.1) is 31.5 Å². The van der Waals surface area contributed by atoms with Crippen LogP contribution < -0.4 is 5.32 Å². The summed E-state index contributed by atoms with van der Waals surface area (Å²) in [6.07, 6.45) is 1.69. The van der Waals surface area contributed by atoms with Crippen LogP contribution in [0.25, 0.3) is 0 Å². The van der Waals surface area contributed by atoms with Crippen molar-refractivity contribution in [3.8, 4) is 0 Å². The SMILES string of the molecule is CCC(O)(CC)CNCC1COCCO1. The quantitative estimate of drug-likeness (QED) is 0.682. The summed E-state index contributed by atoms with van der Waals surface area (Å²) >= 11 is 0. The van der Waals surface area contributed by atoms with E-state index in [2.05, 4.69) is 5.32 Å². The second-order valence-corrected chi connectivity index (χ2v) is 4.13. The summed E-state index contributed by atoms with van der Waals surface area (Å²) in [5.74, 6) is 0. The molecule has 1 saturated heterocycles. The Morgan fingerprint density at radius 1 is 1.33 bits per heavy atom. The molecule has 1 heterocycles. The summed E-state index contributed by atoms with van der Waals surface area (Å²) in [4.78, 5) is 0. The average Bonchev–Trinajstić information content (AvgIpc) is 2.30. The summed E-state index contributed by atoms with van der Waals surface area (Å²) in [6, 6.07) is 0. The molecule has 0 bridgehead atoms. The molecule has 0 aromatic carbocycles. The Balaban J connectivity index is 2.14.